The molecule has 0 bridgehead atoms. The van der Waals surface area contributed by atoms with Gasteiger partial charge in [0.25, 0.3) is 0 Å². The molecular formula is C16H15FN2O2. The smallest absolute Gasteiger partial charge is 0.233 e. The number of hydrogen-bond acceptors (Lipinski definition) is 2. The van der Waals surface area contributed by atoms with Gasteiger partial charge in [-0.15, -0.1) is 0 Å². The number of carbonyl (C=O) groups excluding carboxylic acids is 2. The Bertz CT molecular complexity index is 654. The van der Waals surface area contributed by atoms with E-state index in [0.29, 0.717) is 11.4 Å². The molecule has 0 radical (unpaired) electrons. The molecule has 0 unspecified atom stereocenters. The highest BCUT2D eigenvalue weighted by molar-refractivity contribution is 6.08. The molecular weight excluding hydrogens is 271 g/mol. The minimum atomic E-state index is -0.495. The van der Waals surface area contributed by atoms with Crippen LogP contribution < -0.4 is 10.6 Å². The first kappa shape index (κ1) is 14.7. The van der Waals surface area contributed by atoms with E-state index < -0.39 is 17.6 Å². The van der Waals surface area contributed by atoms with E-state index in [1.54, 1.807) is 18.2 Å². The second kappa shape index (κ2) is 6.65. The Morgan fingerprint density at radius 1 is 0.952 bits per heavy atom. The van der Waals surface area contributed by atoms with Crippen molar-refractivity contribution in [3.63, 3.8) is 0 Å². The van der Waals surface area contributed by atoms with E-state index >= 15 is 0 Å². The molecule has 0 aliphatic heterocycles. The van der Waals surface area contributed by atoms with Gasteiger partial charge in [0.2, 0.25) is 11.8 Å². The van der Waals surface area contributed by atoms with Gasteiger partial charge in [0, 0.05) is 11.4 Å². The molecule has 0 saturated heterocycles. The van der Waals surface area contributed by atoms with Crippen LogP contribution in [0.5, 0.6) is 0 Å². The van der Waals surface area contributed by atoms with Crippen LogP contribution in [0.25, 0.3) is 0 Å². The maximum absolute atomic E-state index is 13.0. The van der Waals surface area contributed by atoms with Gasteiger partial charge in [-0.2, -0.15) is 0 Å². The first-order valence-electron chi connectivity index (χ1n) is 6.45. The molecule has 2 aromatic rings. The van der Waals surface area contributed by atoms with Crippen molar-refractivity contribution in [3.05, 3.63) is 59.9 Å². The van der Waals surface area contributed by atoms with Crippen molar-refractivity contribution in [2.75, 3.05) is 10.6 Å². The molecule has 0 aliphatic carbocycles. The van der Waals surface area contributed by atoms with Crippen molar-refractivity contribution in [3.8, 4) is 0 Å². The summed E-state index contributed by atoms with van der Waals surface area (Å²) in [7, 11) is 0. The highest BCUT2D eigenvalue weighted by Crippen LogP contribution is 2.11. The van der Waals surface area contributed by atoms with Gasteiger partial charge >= 0.3 is 0 Å². The second-order valence-corrected chi connectivity index (χ2v) is 4.65. The van der Waals surface area contributed by atoms with Gasteiger partial charge in [-0.1, -0.05) is 23.8 Å². The lowest BCUT2D eigenvalue weighted by molar-refractivity contribution is -0.123. The van der Waals surface area contributed by atoms with Gasteiger partial charge in [0.05, 0.1) is 0 Å². The van der Waals surface area contributed by atoms with Gasteiger partial charge in [0.15, 0.2) is 0 Å². The summed E-state index contributed by atoms with van der Waals surface area (Å²) in [5.41, 5.74) is 2.03. The number of rotatable bonds is 4. The van der Waals surface area contributed by atoms with Crippen LogP contribution in [0.4, 0.5) is 15.8 Å². The van der Waals surface area contributed by atoms with Crippen LogP contribution in [0.2, 0.25) is 0 Å². The summed E-state index contributed by atoms with van der Waals surface area (Å²) in [5, 5.41) is 5.09. The highest BCUT2D eigenvalue weighted by atomic mass is 19.1. The maximum Gasteiger partial charge on any atom is 0.233 e. The number of aryl methyl sites for hydroxylation is 1. The van der Waals surface area contributed by atoms with E-state index in [2.05, 4.69) is 10.6 Å². The van der Waals surface area contributed by atoms with Crippen molar-refractivity contribution in [1.29, 1.82) is 0 Å². The average Bonchev–Trinajstić information content (AvgIpc) is 2.41. The summed E-state index contributed by atoms with van der Waals surface area (Å²) in [6.45, 7) is 1.94. The predicted molar refractivity (Wildman–Crippen MR) is 79.5 cm³/mol. The molecule has 108 valence electrons. The Kier molecular flexibility index (Phi) is 4.66. The van der Waals surface area contributed by atoms with Gasteiger partial charge in [-0.3, -0.25) is 9.59 Å². The van der Waals surface area contributed by atoms with Gasteiger partial charge in [-0.25, -0.2) is 4.39 Å². The first-order valence-corrected chi connectivity index (χ1v) is 6.45. The lowest BCUT2D eigenvalue weighted by Gasteiger charge is -2.07. The molecule has 0 atom stereocenters. The van der Waals surface area contributed by atoms with E-state index in [4.69, 9.17) is 0 Å². The number of benzene rings is 2. The van der Waals surface area contributed by atoms with E-state index in [0.717, 1.165) is 5.56 Å². The number of nitrogens with one attached hydrogen (secondary N) is 2. The van der Waals surface area contributed by atoms with Crippen LogP contribution in [0.15, 0.2) is 48.5 Å². The number of halogens is 1. The zero-order chi connectivity index (χ0) is 15.2. The lowest BCUT2D eigenvalue weighted by atomic mass is 10.2. The quantitative estimate of drug-likeness (QED) is 0.848. The largest absolute Gasteiger partial charge is 0.326 e. The first-order chi connectivity index (χ1) is 10.0. The van der Waals surface area contributed by atoms with Crippen LogP contribution in [-0.4, -0.2) is 11.8 Å². The van der Waals surface area contributed by atoms with Crippen molar-refractivity contribution in [2.24, 2.45) is 0 Å². The maximum atomic E-state index is 13.0. The molecule has 0 heterocycles. The normalized spacial score (nSPS) is 10.0. The molecule has 2 amide bonds. The predicted octanol–water partition coefficient (Wildman–Crippen LogP) is 3.10. The molecule has 5 heteroatoms. The fourth-order valence-electron chi connectivity index (χ4n) is 1.76. The standard InChI is InChI=1S/C16H15FN2O2/c1-11-5-7-13(8-6-11)18-15(20)10-16(21)19-14-4-2-3-12(17)9-14/h2-9H,10H2,1H3,(H,18,20)(H,19,21). The SMILES string of the molecule is Cc1ccc(NC(=O)CC(=O)Nc2cccc(F)c2)cc1. The molecule has 2 aromatic carbocycles. The van der Waals surface area contributed by atoms with Crippen molar-refractivity contribution >= 4 is 23.2 Å². The number of hydrogen-bond donors (Lipinski definition) is 2. The summed E-state index contributed by atoms with van der Waals surface area (Å²) in [4.78, 5) is 23.4. The summed E-state index contributed by atoms with van der Waals surface area (Å²) in [5.74, 6) is -1.37. The molecule has 2 rings (SSSR count). The Labute approximate surface area is 122 Å². The van der Waals surface area contributed by atoms with Crippen LogP contribution in [0.3, 0.4) is 0 Å². The lowest BCUT2D eigenvalue weighted by Crippen LogP contribution is -2.21. The van der Waals surface area contributed by atoms with Crippen molar-refractivity contribution < 1.29 is 14.0 Å². The van der Waals surface area contributed by atoms with E-state index in [-0.39, 0.29) is 6.42 Å². The molecule has 21 heavy (non-hydrogen) atoms. The van der Waals surface area contributed by atoms with Crippen LogP contribution in [0, 0.1) is 12.7 Å². The van der Waals surface area contributed by atoms with Crippen molar-refractivity contribution in [1.82, 2.24) is 0 Å². The summed E-state index contributed by atoms with van der Waals surface area (Å²) >= 11 is 0. The Morgan fingerprint density at radius 2 is 1.57 bits per heavy atom. The number of amides is 2. The van der Waals surface area contributed by atoms with Gasteiger partial charge in [-0.05, 0) is 37.3 Å². The van der Waals surface area contributed by atoms with Crippen molar-refractivity contribution in [2.45, 2.75) is 13.3 Å². The fourth-order valence-corrected chi connectivity index (χ4v) is 1.76. The van der Waals surface area contributed by atoms with Gasteiger partial charge < -0.3 is 10.6 Å². The summed E-state index contributed by atoms with van der Waals surface area (Å²) in [6, 6.07) is 12.8. The third-order valence-electron chi connectivity index (χ3n) is 2.76. The summed E-state index contributed by atoms with van der Waals surface area (Å²) < 4.78 is 13.0. The highest BCUT2D eigenvalue weighted by Gasteiger charge is 2.10. The minimum Gasteiger partial charge on any atom is -0.326 e. The molecule has 0 spiro atoms. The monoisotopic (exact) mass is 286 g/mol. The molecule has 0 saturated carbocycles. The molecule has 0 aliphatic rings. The topological polar surface area (TPSA) is 58.2 Å². The average molecular weight is 286 g/mol. The van der Waals surface area contributed by atoms with Crippen LogP contribution >= 0.6 is 0 Å². The molecule has 2 N–H and O–H groups in total. The molecule has 0 fully saturated rings. The summed E-state index contributed by atoms with van der Waals surface area (Å²) in [6.07, 6.45) is -0.329. The van der Waals surface area contributed by atoms with E-state index in [1.807, 2.05) is 19.1 Å². The number of anilines is 2. The second-order valence-electron chi connectivity index (χ2n) is 4.65. The third kappa shape index (κ3) is 4.72. The minimum absolute atomic E-state index is 0.322. The zero-order valence-corrected chi connectivity index (χ0v) is 11.5. The molecule has 0 aromatic heterocycles. The van der Waals surface area contributed by atoms with E-state index in [9.17, 15) is 14.0 Å². The van der Waals surface area contributed by atoms with Crippen LogP contribution in [0.1, 0.15) is 12.0 Å². The zero-order valence-electron chi connectivity index (χ0n) is 11.5. The van der Waals surface area contributed by atoms with E-state index in [1.165, 1.54) is 18.2 Å². The Hall–Kier alpha value is -2.69. The molecule has 4 nitrogen and oxygen atoms in total. The van der Waals surface area contributed by atoms with Gasteiger partial charge in [0.1, 0.15) is 12.2 Å². The fraction of sp³-hybridized carbons (Fsp3) is 0.125. The Balaban J connectivity index is 1.87. The Morgan fingerprint density at radius 3 is 2.19 bits per heavy atom. The van der Waals surface area contributed by atoms with Crippen LogP contribution in [-0.2, 0) is 9.59 Å². The third-order valence-corrected chi connectivity index (χ3v) is 2.76. The number of carbonyl (C=O) groups is 2.